The van der Waals surface area contributed by atoms with Gasteiger partial charge in [0.25, 0.3) is 0 Å². The number of hydrogen-bond acceptors (Lipinski definition) is 5. The van der Waals surface area contributed by atoms with E-state index in [0.717, 1.165) is 23.8 Å². The number of para-hydroxylation sites is 1. The molecule has 0 saturated carbocycles. The highest BCUT2D eigenvalue weighted by atomic mass is 19.1. The molecule has 0 aliphatic carbocycles. The Morgan fingerprint density at radius 2 is 1.91 bits per heavy atom. The maximum absolute atomic E-state index is 13.7. The molecule has 1 aliphatic rings. The Labute approximate surface area is 186 Å². The molecule has 3 atom stereocenters. The molecule has 1 heterocycles. The van der Waals surface area contributed by atoms with Crippen LogP contribution in [0.1, 0.15) is 44.4 Å². The number of benzene rings is 2. The minimum absolute atomic E-state index is 0.0246. The first kappa shape index (κ1) is 23.9. The molecule has 2 aromatic rings. The summed E-state index contributed by atoms with van der Waals surface area (Å²) in [6, 6.07) is 9.97. The van der Waals surface area contributed by atoms with Gasteiger partial charge in [0.1, 0.15) is 23.0 Å². The van der Waals surface area contributed by atoms with Crippen molar-refractivity contribution in [1.29, 1.82) is 0 Å². The molecule has 174 valence electrons. The fraction of sp³-hybridized carbons (Fsp3) is 0.458. The molecule has 0 radical (unpaired) electrons. The Morgan fingerprint density at radius 3 is 2.59 bits per heavy atom. The molecule has 0 spiro atoms. The third kappa shape index (κ3) is 6.90. The van der Waals surface area contributed by atoms with Gasteiger partial charge in [-0.1, -0.05) is 18.2 Å². The lowest BCUT2D eigenvalue weighted by Crippen LogP contribution is -2.50. The van der Waals surface area contributed by atoms with Gasteiger partial charge in [-0.2, -0.15) is 0 Å². The molecule has 0 bridgehead atoms. The summed E-state index contributed by atoms with van der Waals surface area (Å²) in [6.45, 7) is 5.88. The summed E-state index contributed by atoms with van der Waals surface area (Å²) in [7, 11) is 0. The second kappa shape index (κ2) is 10.3. The van der Waals surface area contributed by atoms with E-state index in [9.17, 15) is 18.7 Å². The summed E-state index contributed by atoms with van der Waals surface area (Å²) in [5, 5.41) is 16.8. The van der Waals surface area contributed by atoms with Crippen molar-refractivity contribution in [3.8, 4) is 5.75 Å². The van der Waals surface area contributed by atoms with Crippen LogP contribution in [0.2, 0.25) is 0 Å². The van der Waals surface area contributed by atoms with E-state index in [0.29, 0.717) is 12.2 Å². The van der Waals surface area contributed by atoms with E-state index < -0.39 is 35.5 Å². The van der Waals surface area contributed by atoms with Crippen LogP contribution in [-0.4, -0.2) is 42.1 Å². The number of amides is 1. The number of aliphatic hydroxyl groups excluding tert-OH is 1. The monoisotopic (exact) mass is 448 g/mol. The van der Waals surface area contributed by atoms with E-state index in [2.05, 4.69) is 10.6 Å². The lowest BCUT2D eigenvalue weighted by molar-refractivity contribution is 0.0418. The van der Waals surface area contributed by atoms with Crippen LogP contribution in [0.3, 0.4) is 0 Å². The Hall–Kier alpha value is -2.71. The van der Waals surface area contributed by atoms with E-state index in [-0.39, 0.29) is 19.0 Å². The molecule has 1 amide bonds. The summed E-state index contributed by atoms with van der Waals surface area (Å²) >= 11 is 0. The molecule has 0 fully saturated rings. The zero-order chi connectivity index (χ0) is 23.3. The molecule has 0 aromatic heterocycles. The molecular formula is C24H30F2N2O4. The highest BCUT2D eigenvalue weighted by molar-refractivity contribution is 5.68. The first-order valence-corrected chi connectivity index (χ1v) is 10.7. The number of carbonyl (C=O) groups is 1. The number of halogens is 2. The molecule has 32 heavy (non-hydrogen) atoms. The van der Waals surface area contributed by atoms with Crippen LogP contribution in [0, 0.1) is 11.6 Å². The summed E-state index contributed by atoms with van der Waals surface area (Å²) in [6.07, 6.45) is -0.997. The Kier molecular flexibility index (Phi) is 7.69. The molecule has 0 saturated heterocycles. The molecule has 1 aliphatic heterocycles. The zero-order valence-electron chi connectivity index (χ0n) is 18.5. The van der Waals surface area contributed by atoms with Gasteiger partial charge in [-0.05, 0) is 51.0 Å². The molecule has 3 unspecified atom stereocenters. The second-order valence-electron chi connectivity index (χ2n) is 8.94. The van der Waals surface area contributed by atoms with Crippen LogP contribution >= 0.6 is 0 Å². The van der Waals surface area contributed by atoms with Gasteiger partial charge in [-0.25, -0.2) is 13.6 Å². The van der Waals surface area contributed by atoms with Crippen LogP contribution < -0.4 is 15.4 Å². The third-order valence-corrected chi connectivity index (χ3v) is 5.08. The van der Waals surface area contributed by atoms with E-state index >= 15 is 0 Å². The van der Waals surface area contributed by atoms with E-state index in [1.807, 2.05) is 24.3 Å². The van der Waals surface area contributed by atoms with Gasteiger partial charge in [-0.15, -0.1) is 0 Å². The van der Waals surface area contributed by atoms with Gasteiger partial charge in [0.2, 0.25) is 0 Å². The predicted molar refractivity (Wildman–Crippen MR) is 117 cm³/mol. The SMILES string of the molecule is CC(C)(C)OC(=O)NC(Cc1cc(F)cc(F)c1)C(O)CNC1CCOc2ccccc21. The summed E-state index contributed by atoms with van der Waals surface area (Å²) < 4.78 is 38.3. The molecule has 8 heteroatoms. The molecular weight excluding hydrogens is 418 g/mol. The lowest BCUT2D eigenvalue weighted by atomic mass is 9.98. The second-order valence-corrected chi connectivity index (χ2v) is 8.94. The van der Waals surface area contributed by atoms with Crippen molar-refractivity contribution in [3.05, 3.63) is 65.2 Å². The molecule has 3 N–H and O–H groups in total. The number of rotatable bonds is 7. The number of ether oxygens (including phenoxy) is 2. The number of nitrogens with one attached hydrogen (secondary N) is 2. The number of hydrogen-bond donors (Lipinski definition) is 3. The summed E-state index contributed by atoms with van der Waals surface area (Å²) in [5.41, 5.74) is 0.586. The fourth-order valence-electron chi connectivity index (χ4n) is 3.68. The van der Waals surface area contributed by atoms with Gasteiger partial charge in [-0.3, -0.25) is 0 Å². The van der Waals surface area contributed by atoms with Crippen LogP contribution in [0.4, 0.5) is 13.6 Å². The first-order chi connectivity index (χ1) is 15.1. The first-order valence-electron chi connectivity index (χ1n) is 10.7. The lowest BCUT2D eigenvalue weighted by Gasteiger charge is -2.30. The van der Waals surface area contributed by atoms with Gasteiger partial charge < -0.3 is 25.2 Å². The Morgan fingerprint density at radius 1 is 1.22 bits per heavy atom. The minimum atomic E-state index is -1.04. The van der Waals surface area contributed by atoms with E-state index in [1.165, 1.54) is 12.1 Å². The Balaban J connectivity index is 1.71. The summed E-state index contributed by atoms with van der Waals surface area (Å²) in [5.74, 6) is -0.644. The topological polar surface area (TPSA) is 79.8 Å². The van der Waals surface area contributed by atoms with Crippen molar-refractivity contribution in [3.63, 3.8) is 0 Å². The van der Waals surface area contributed by atoms with Crippen LogP contribution in [-0.2, 0) is 11.2 Å². The van der Waals surface area contributed by atoms with E-state index in [4.69, 9.17) is 9.47 Å². The predicted octanol–water partition coefficient (Wildman–Crippen LogP) is 3.87. The van der Waals surface area contributed by atoms with Crippen LogP contribution in [0.5, 0.6) is 5.75 Å². The smallest absolute Gasteiger partial charge is 0.407 e. The van der Waals surface area contributed by atoms with Crippen molar-refractivity contribution in [1.82, 2.24) is 10.6 Å². The number of aliphatic hydroxyl groups is 1. The van der Waals surface area contributed by atoms with Crippen molar-refractivity contribution < 1.29 is 28.2 Å². The zero-order valence-corrected chi connectivity index (χ0v) is 18.5. The van der Waals surface area contributed by atoms with Gasteiger partial charge >= 0.3 is 6.09 Å². The minimum Gasteiger partial charge on any atom is -0.493 e. The highest BCUT2D eigenvalue weighted by Crippen LogP contribution is 2.31. The molecule has 6 nitrogen and oxygen atoms in total. The summed E-state index contributed by atoms with van der Waals surface area (Å²) in [4.78, 5) is 12.3. The number of carbonyl (C=O) groups excluding carboxylic acids is 1. The highest BCUT2D eigenvalue weighted by Gasteiger charge is 2.27. The van der Waals surface area contributed by atoms with Crippen LogP contribution in [0.15, 0.2) is 42.5 Å². The molecule has 3 rings (SSSR count). The van der Waals surface area contributed by atoms with Gasteiger partial charge in [0, 0.05) is 30.6 Å². The maximum atomic E-state index is 13.7. The van der Waals surface area contributed by atoms with Gasteiger partial charge in [0.15, 0.2) is 0 Å². The molecule has 2 aromatic carbocycles. The van der Waals surface area contributed by atoms with Crippen molar-refractivity contribution in [2.75, 3.05) is 13.2 Å². The fourth-order valence-corrected chi connectivity index (χ4v) is 3.68. The normalized spacial score (nSPS) is 17.6. The largest absolute Gasteiger partial charge is 0.493 e. The third-order valence-electron chi connectivity index (χ3n) is 5.08. The Bertz CT molecular complexity index is 912. The average Bonchev–Trinajstić information content (AvgIpc) is 2.69. The van der Waals surface area contributed by atoms with Crippen molar-refractivity contribution in [2.24, 2.45) is 0 Å². The van der Waals surface area contributed by atoms with Crippen molar-refractivity contribution >= 4 is 6.09 Å². The van der Waals surface area contributed by atoms with Crippen LogP contribution in [0.25, 0.3) is 0 Å². The van der Waals surface area contributed by atoms with Crippen molar-refractivity contribution in [2.45, 2.75) is 57.4 Å². The average molecular weight is 449 g/mol. The quantitative estimate of drug-likeness (QED) is 0.599. The maximum Gasteiger partial charge on any atom is 0.407 e. The van der Waals surface area contributed by atoms with Gasteiger partial charge in [0.05, 0.1) is 18.8 Å². The number of alkyl carbamates (subject to hydrolysis) is 1. The standard InChI is InChI=1S/C24H30F2N2O4/c1-24(2,3)32-23(30)28-20(12-15-10-16(25)13-17(26)11-15)21(29)14-27-19-8-9-31-22-7-5-4-6-18(19)22/h4-7,10-11,13,19-21,27,29H,8-9,12,14H2,1-3H3,(H,28,30). The van der Waals surface area contributed by atoms with E-state index in [1.54, 1.807) is 20.8 Å². The number of fused-ring (bicyclic) bond motifs is 1.